The van der Waals surface area contributed by atoms with Gasteiger partial charge in [0.05, 0.1) is 16.6 Å². The van der Waals surface area contributed by atoms with Gasteiger partial charge in [0.15, 0.2) is 6.61 Å². The summed E-state index contributed by atoms with van der Waals surface area (Å²) in [6, 6.07) is 4.43. The number of halogens is 2. The molecule has 0 spiro atoms. The lowest BCUT2D eigenvalue weighted by molar-refractivity contribution is -0.184. The van der Waals surface area contributed by atoms with Gasteiger partial charge in [-0.2, -0.15) is 0 Å². The summed E-state index contributed by atoms with van der Waals surface area (Å²) in [5.41, 5.74) is -0.673. The molecule has 1 aromatic carbocycles. The molecule has 3 saturated carbocycles. The monoisotopic (exact) mass is 410 g/mol. The average Bonchev–Trinajstić information content (AvgIpc) is 2.59. The van der Waals surface area contributed by atoms with Gasteiger partial charge in [-0.05, 0) is 38.3 Å². The van der Waals surface area contributed by atoms with Crippen LogP contribution in [0, 0.1) is 11.2 Å². The Balaban J connectivity index is 1.20. The number of carbonyl (C=O) groups excluding carboxylic acids is 2. The molecule has 152 valence electrons. The van der Waals surface area contributed by atoms with Gasteiger partial charge in [-0.1, -0.05) is 11.6 Å². The molecule has 0 aromatic heterocycles. The summed E-state index contributed by atoms with van der Waals surface area (Å²) in [5, 5.41) is 12.6. The van der Waals surface area contributed by atoms with Gasteiger partial charge in [-0.15, -0.1) is 0 Å². The Morgan fingerprint density at radius 3 is 2.68 bits per heavy atom. The summed E-state index contributed by atoms with van der Waals surface area (Å²) in [6.07, 6.45) is 1.87. The molecule has 2 bridgehead atoms. The summed E-state index contributed by atoms with van der Waals surface area (Å²) in [5.74, 6) is -0.584. The second kappa shape index (κ2) is 7.17. The maximum absolute atomic E-state index is 13.4. The van der Waals surface area contributed by atoms with Crippen molar-refractivity contribution in [3.05, 3.63) is 29.0 Å². The normalized spacial score (nSPS) is 33.2. The van der Waals surface area contributed by atoms with E-state index >= 15 is 0 Å². The van der Waals surface area contributed by atoms with Gasteiger partial charge in [0.2, 0.25) is 5.91 Å². The Labute approximate surface area is 167 Å². The molecule has 1 aromatic rings. The summed E-state index contributed by atoms with van der Waals surface area (Å²) in [6.45, 7) is 3.40. The summed E-state index contributed by atoms with van der Waals surface area (Å²) in [4.78, 5) is 24.7. The summed E-state index contributed by atoms with van der Waals surface area (Å²) < 4.78 is 18.7. The van der Waals surface area contributed by atoms with E-state index in [-0.39, 0.29) is 46.3 Å². The Morgan fingerprint density at radius 1 is 1.29 bits per heavy atom. The Morgan fingerprint density at radius 2 is 2.04 bits per heavy atom. The smallest absolute Gasteiger partial charge is 0.258 e. The van der Waals surface area contributed by atoms with E-state index < -0.39 is 5.82 Å². The van der Waals surface area contributed by atoms with E-state index in [0.29, 0.717) is 31.8 Å². The fraction of sp³-hybridized carbons (Fsp3) is 0.579. The van der Waals surface area contributed by atoms with Crippen molar-refractivity contribution in [2.45, 2.75) is 43.9 Å². The molecule has 2 amide bonds. The zero-order valence-corrected chi connectivity index (χ0v) is 16.4. The number of hydrogen-bond acceptors (Lipinski definition) is 5. The van der Waals surface area contributed by atoms with Crippen molar-refractivity contribution < 1.29 is 18.7 Å². The Hall–Kier alpha value is -1.90. The van der Waals surface area contributed by atoms with Crippen LogP contribution in [0.5, 0.6) is 5.75 Å². The quantitative estimate of drug-likeness (QED) is 0.560. The molecule has 1 aliphatic heterocycles. The first-order valence-corrected chi connectivity index (χ1v) is 9.84. The van der Waals surface area contributed by atoms with Crippen molar-refractivity contribution in [1.29, 1.82) is 0 Å². The number of carbonyl (C=O) groups is 2. The topological polar surface area (TPSA) is 91.5 Å². The zero-order chi connectivity index (χ0) is 19.9. The highest BCUT2D eigenvalue weighted by Gasteiger charge is 2.72. The maximum atomic E-state index is 13.4. The highest BCUT2D eigenvalue weighted by atomic mass is 35.5. The van der Waals surface area contributed by atoms with Crippen molar-refractivity contribution in [1.82, 2.24) is 21.3 Å². The minimum Gasteiger partial charge on any atom is -0.484 e. The van der Waals surface area contributed by atoms with E-state index in [0.717, 1.165) is 12.6 Å². The molecule has 0 radical (unpaired) electrons. The standard InChI is InChI=1S/C19H24ClFN4O3/c1-11-5-23-15(6-22-11)24-17(27)18-8-19(9-18,10-18)25-16(26)7-28-12-2-3-13(20)14(21)4-12/h2-4,11,15,22-23H,5-10H2,1H3,(H,24,27)(H,25,26). The van der Waals surface area contributed by atoms with E-state index in [1.54, 1.807) is 0 Å². The molecule has 4 N–H and O–H groups in total. The molecular weight excluding hydrogens is 387 g/mol. The van der Waals surface area contributed by atoms with Crippen molar-refractivity contribution in [3.63, 3.8) is 0 Å². The maximum Gasteiger partial charge on any atom is 0.258 e. The largest absolute Gasteiger partial charge is 0.484 e. The third kappa shape index (κ3) is 3.68. The lowest BCUT2D eigenvalue weighted by Crippen LogP contribution is -2.79. The Kier molecular flexibility index (Phi) is 4.97. The predicted octanol–water partition coefficient (Wildman–Crippen LogP) is 0.920. The van der Waals surface area contributed by atoms with Crippen LogP contribution in [0.1, 0.15) is 26.2 Å². The fourth-order valence-corrected chi connectivity index (χ4v) is 4.52. The zero-order valence-electron chi connectivity index (χ0n) is 15.6. The molecule has 2 atom stereocenters. The molecule has 1 heterocycles. The number of rotatable bonds is 6. The van der Waals surface area contributed by atoms with E-state index in [9.17, 15) is 14.0 Å². The number of benzene rings is 1. The number of ether oxygens (including phenoxy) is 1. The van der Waals surface area contributed by atoms with Crippen LogP contribution >= 0.6 is 11.6 Å². The van der Waals surface area contributed by atoms with Gasteiger partial charge in [0, 0.05) is 30.7 Å². The number of piperazine rings is 1. The highest BCUT2D eigenvalue weighted by molar-refractivity contribution is 6.30. The second-order valence-electron chi connectivity index (χ2n) is 8.25. The second-order valence-corrected chi connectivity index (χ2v) is 8.65. The first kappa shape index (κ1) is 19.4. The molecule has 7 nitrogen and oxygen atoms in total. The molecule has 1 saturated heterocycles. The summed E-state index contributed by atoms with van der Waals surface area (Å²) >= 11 is 5.62. The molecule has 3 aliphatic carbocycles. The van der Waals surface area contributed by atoms with E-state index in [1.165, 1.54) is 12.1 Å². The van der Waals surface area contributed by atoms with Crippen molar-refractivity contribution in [2.24, 2.45) is 5.41 Å². The van der Waals surface area contributed by atoms with E-state index in [4.69, 9.17) is 16.3 Å². The van der Waals surface area contributed by atoms with Crippen LogP contribution < -0.4 is 26.0 Å². The lowest BCUT2D eigenvalue weighted by atomic mass is 9.39. The molecule has 4 fully saturated rings. The molecule has 2 unspecified atom stereocenters. The molecular formula is C19H24ClFN4O3. The third-order valence-electron chi connectivity index (χ3n) is 5.82. The molecule has 28 heavy (non-hydrogen) atoms. The predicted molar refractivity (Wildman–Crippen MR) is 101 cm³/mol. The van der Waals surface area contributed by atoms with Gasteiger partial charge in [-0.25, -0.2) is 4.39 Å². The number of nitrogens with one attached hydrogen (secondary N) is 4. The van der Waals surface area contributed by atoms with Crippen molar-refractivity contribution >= 4 is 23.4 Å². The molecule has 9 heteroatoms. The van der Waals surface area contributed by atoms with Gasteiger partial charge in [0.25, 0.3) is 5.91 Å². The minimum atomic E-state index is -0.593. The third-order valence-corrected chi connectivity index (χ3v) is 6.13. The first-order chi connectivity index (χ1) is 13.3. The lowest BCUT2D eigenvalue weighted by Gasteiger charge is -2.69. The average molecular weight is 411 g/mol. The van der Waals surface area contributed by atoms with Gasteiger partial charge >= 0.3 is 0 Å². The minimum absolute atomic E-state index is 0.00274. The highest BCUT2D eigenvalue weighted by Crippen LogP contribution is 2.67. The Bertz CT molecular complexity index is 778. The van der Waals surface area contributed by atoms with Crippen molar-refractivity contribution in [2.75, 3.05) is 19.7 Å². The first-order valence-electron chi connectivity index (χ1n) is 9.46. The van der Waals surface area contributed by atoms with Crippen molar-refractivity contribution in [3.8, 4) is 5.75 Å². The summed E-state index contributed by atoms with van der Waals surface area (Å²) in [7, 11) is 0. The van der Waals surface area contributed by atoms with Crippen LogP contribution in [0.4, 0.5) is 4.39 Å². The van der Waals surface area contributed by atoms with Crippen LogP contribution in [0.15, 0.2) is 18.2 Å². The van der Waals surface area contributed by atoms with Crippen LogP contribution in [-0.2, 0) is 9.59 Å². The van der Waals surface area contributed by atoms with E-state index in [2.05, 4.69) is 28.2 Å². The van der Waals surface area contributed by atoms with Crippen LogP contribution in [0.25, 0.3) is 0 Å². The van der Waals surface area contributed by atoms with Gasteiger partial charge in [0.1, 0.15) is 11.6 Å². The van der Waals surface area contributed by atoms with E-state index in [1.807, 2.05) is 0 Å². The molecule has 5 rings (SSSR count). The number of amides is 2. The van der Waals surface area contributed by atoms with Gasteiger partial charge in [-0.3, -0.25) is 14.9 Å². The van der Waals surface area contributed by atoms with Crippen LogP contribution in [0.2, 0.25) is 5.02 Å². The van der Waals surface area contributed by atoms with Gasteiger partial charge < -0.3 is 20.7 Å². The number of hydrogen-bond donors (Lipinski definition) is 4. The van der Waals surface area contributed by atoms with Crippen LogP contribution in [-0.4, -0.2) is 49.3 Å². The van der Waals surface area contributed by atoms with Crippen LogP contribution in [0.3, 0.4) is 0 Å². The SMILES string of the molecule is CC1CNC(NC(=O)C23CC(NC(=O)COc4ccc(Cl)c(F)c4)(C2)C3)CN1. The fourth-order valence-electron chi connectivity index (χ4n) is 4.40. The molecule has 4 aliphatic rings.